The number of amides is 1. The van der Waals surface area contributed by atoms with E-state index < -0.39 is 0 Å². The standard InChI is InChI=1S/C14H26N2O2/c1-10-2-3-12(8-13(10)15)14(18)16-6-4-11(9-17)5-7-16/h10-13,17H,2-9,15H2,1H3. The molecule has 0 aromatic carbocycles. The Bertz CT molecular complexity index is 288. The maximum Gasteiger partial charge on any atom is 0.225 e. The van der Waals surface area contributed by atoms with Crippen LogP contribution in [0.2, 0.25) is 0 Å². The Morgan fingerprint density at radius 1 is 1.28 bits per heavy atom. The molecule has 3 unspecified atom stereocenters. The summed E-state index contributed by atoms with van der Waals surface area (Å²) in [5, 5.41) is 9.11. The number of nitrogens with zero attached hydrogens (tertiary/aromatic N) is 1. The first-order valence-corrected chi connectivity index (χ1v) is 7.27. The number of rotatable bonds is 2. The highest BCUT2D eigenvalue weighted by Crippen LogP contribution is 2.30. The van der Waals surface area contributed by atoms with Crippen LogP contribution in [0, 0.1) is 17.8 Å². The summed E-state index contributed by atoms with van der Waals surface area (Å²) < 4.78 is 0. The lowest BCUT2D eigenvalue weighted by Crippen LogP contribution is -2.46. The molecule has 0 spiro atoms. The van der Waals surface area contributed by atoms with E-state index in [4.69, 9.17) is 10.8 Å². The highest BCUT2D eigenvalue weighted by Gasteiger charge is 2.33. The molecule has 3 atom stereocenters. The number of aliphatic hydroxyl groups is 1. The van der Waals surface area contributed by atoms with Gasteiger partial charge in [0.2, 0.25) is 5.91 Å². The van der Waals surface area contributed by atoms with Crippen LogP contribution < -0.4 is 5.73 Å². The minimum absolute atomic E-state index is 0.141. The molecule has 0 aromatic heterocycles. The number of aliphatic hydroxyl groups excluding tert-OH is 1. The summed E-state index contributed by atoms with van der Waals surface area (Å²) in [6, 6.07) is 0.183. The fraction of sp³-hybridized carbons (Fsp3) is 0.929. The van der Waals surface area contributed by atoms with Crippen LogP contribution in [0.25, 0.3) is 0 Å². The monoisotopic (exact) mass is 254 g/mol. The van der Waals surface area contributed by atoms with Gasteiger partial charge < -0.3 is 15.7 Å². The van der Waals surface area contributed by atoms with Gasteiger partial charge in [0.25, 0.3) is 0 Å². The predicted octanol–water partition coefficient (Wildman–Crippen LogP) is 0.981. The van der Waals surface area contributed by atoms with E-state index >= 15 is 0 Å². The zero-order valence-corrected chi connectivity index (χ0v) is 11.3. The maximum atomic E-state index is 12.4. The molecule has 0 radical (unpaired) electrons. The molecule has 2 fully saturated rings. The molecule has 1 amide bonds. The van der Waals surface area contributed by atoms with Gasteiger partial charge in [0.15, 0.2) is 0 Å². The average molecular weight is 254 g/mol. The van der Waals surface area contributed by atoms with Crippen molar-refractivity contribution in [3.63, 3.8) is 0 Å². The van der Waals surface area contributed by atoms with E-state index in [1.807, 2.05) is 4.90 Å². The molecule has 1 aliphatic heterocycles. The van der Waals surface area contributed by atoms with Gasteiger partial charge in [-0.15, -0.1) is 0 Å². The van der Waals surface area contributed by atoms with E-state index in [1.165, 1.54) is 0 Å². The smallest absolute Gasteiger partial charge is 0.225 e. The first-order valence-electron chi connectivity index (χ1n) is 7.27. The summed E-state index contributed by atoms with van der Waals surface area (Å²) in [6.45, 7) is 4.06. The fourth-order valence-corrected chi connectivity index (χ4v) is 3.18. The Hall–Kier alpha value is -0.610. The summed E-state index contributed by atoms with van der Waals surface area (Å²) in [6.07, 6.45) is 4.80. The first-order chi connectivity index (χ1) is 8.61. The summed E-state index contributed by atoms with van der Waals surface area (Å²) in [4.78, 5) is 14.4. The summed E-state index contributed by atoms with van der Waals surface area (Å²) in [5.41, 5.74) is 6.08. The van der Waals surface area contributed by atoms with Crippen LogP contribution in [0.4, 0.5) is 0 Å². The number of hydrogen-bond acceptors (Lipinski definition) is 3. The van der Waals surface area contributed by atoms with Gasteiger partial charge in [0.1, 0.15) is 0 Å². The molecular weight excluding hydrogens is 228 g/mol. The number of piperidine rings is 1. The lowest BCUT2D eigenvalue weighted by atomic mass is 9.79. The van der Waals surface area contributed by atoms with Crippen LogP contribution in [-0.4, -0.2) is 41.7 Å². The molecule has 104 valence electrons. The van der Waals surface area contributed by atoms with Crippen LogP contribution in [0.1, 0.15) is 39.0 Å². The second-order valence-corrected chi connectivity index (χ2v) is 6.10. The lowest BCUT2D eigenvalue weighted by molar-refractivity contribution is -0.138. The van der Waals surface area contributed by atoms with Crippen LogP contribution in [0.15, 0.2) is 0 Å². The zero-order valence-electron chi connectivity index (χ0n) is 11.3. The predicted molar refractivity (Wildman–Crippen MR) is 70.9 cm³/mol. The van der Waals surface area contributed by atoms with E-state index in [0.717, 1.165) is 45.2 Å². The van der Waals surface area contributed by atoms with Gasteiger partial charge in [0, 0.05) is 31.7 Å². The van der Waals surface area contributed by atoms with Gasteiger partial charge in [-0.05, 0) is 43.9 Å². The Morgan fingerprint density at radius 2 is 1.94 bits per heavy atom. The van der Waals surface area contributed by atoms with Gasteiger partial charge in [-0.1, -0.05) is 6.92 Å². The molecule has 1 saturated carbocycles. The summed E-state index contributed by atoms with van der Waals surface area (Å²) in [7, 11) is 0. The third-order valence-corrected chi connectivity index (χ3v) is 4.79. The molecule has 18 heavy (non-hydrogen) atoms. The molecular formula is C14H26N2O2. The SMILES string of the molecule is CC1CCC(C(=O)N2CCC(CO)CC2)CC1N. The normalized spacial score (nSPS) is 34.6. The number of hydrogen-bond donors (Lipinski definition) is 2. The van der Waals surface area contributed by atoms with Crippen LogP contribution in [-0.2, 0) is 4.79 Å². The van der Waals surface area contributed by atoms with Crippen molar-refractivity contribution in [2.45, 2.75) is 45.1 Å². The van der Waals surface area contributed by atoms with Crippen molar-refractivity contribution in [1.29, 1.82) is 0 Å². The summed E-state index contributed by atoms with van der Waals surface area (Å²) in [5.74, 6) is 1.38. The third kappa shape index (κ3) is 3.04. The van der Waals surface area contributed by atoms with E-state index in [0.29, 0.717) is 17.7 Å². The van der Waals surface area contributed by atoms with Crippen molar-refractivity contribution < 1.29 is 9.90 Å². The van der Waals surface area contributed by atoms with Crippen LogP contribution >= 0.6 is 0 Å². The largest absolute Gasteiger partial charge is 0.396 e. The van der Waals surface area contributed by atoms with Gasteiger partial charge in [-0.3, -0.25) is 4.79 Å². The van der Waals surface area contributed by atoms with Crippen LogP contribution in [0.5, 0.6) is 0 Å². The van der Waals surface area contributed by atoms with Gasteiger partial charge in [-0.25, -0.2) is 0 Å². The minimum atomic E-state index is 0.141. The highest BCUT2D eigenvalue weighted by atomic mass is 16.3. The molecule has 4 nitrogen and oxygen atoms in total. The first kappa shape index (κ1) is 13.8. The van der Waals surface area contributed by atoms with Crippen molar-refractivity contribution >= 4 is 5.91 Å². The quantitative estimate of drug-likeness (QED) is 0.772. The van der Waals surface area contributed by atoms with E-state index in [9.17, 15) is 4.79 Å². The number of likely N-dealkylation sites (tertiary alicyclic amines) is 1. The molecule has 1 aliphatic carbocycles. The molecule has 1 heterocycles. The van der Waals surface area contributed by atoms with Crippen molar-refractivity contribution in [2.75, 3.05) is 19.7 Å². The van der Waals surface area contributed by atoms with Crippen LogP contribution in [0.3, 0.4) is 0 Å². The maximum absolute atomic E-state index is 12.4. The fourth-order valence-electron chi connectivity index (χ4n) is 3.18. The zero-order chi connectivity index (χ0) is 13.1. The summed E-state index contributed by atoms with van der Waals surface area (Å²) >= 11 is 0. The van der Waals surface area contributed by atoms with Gasteiger partial charge in [0.05, 0.1) is 0 Å². The van der Waals surface area contributed by atoms with E-state index in [-0.39, 0.29) is 18.6 Å². The second kappa shape index (κ2) is 6.02. The second-order valence-electron chi connectivity index (χ2n) is 6.10. The molecule has 4 heteroatoms. The van der Waals surface area contributed by atoms with Crippen molar-refractivity contribution in [1.82, 2.24) is 4.90 Å². The lowest BCUT2D eigenvalue weighted by Gasteiger charge is -2.37. The molecule has 0 bridgehead atoms. The number of nitrogens with two attached hydrogens (primary N) is 1. The van der Waals surface area contributed by atoms with Gasteiger partial charge in [-0.2, -0.15) is 0 Å². The molecule has 2 aliphatic rings. The van der Waals surface area contributed by atoms with Crippen molar-refractivity contribution in [3.05, 3.63) is 0 Å². The Morgan fingerprint density at radius 3 is 2.50 bits per heavy atom. The number of carbonyl (C=O) groups excluding carboxylic acids is 1. The molecule has 0 aromatic rings. The van der Waals surface area contributed by atoms with E-state index in [1.54, 1.807) is 0 Å². The Balaban J connectivity index is 1.84. The van der Waals surface area contributed by atoms with E-state index in [2.05, 4.69) is 6.92 Å². The minimum Gasteiger partial charge on any atom is -0.396 e. The molecule has 3 N–H and O–H groups in total. The van der Waals surface area contributed by atoms with Crippen molar-refractivity contribution in [3.8, 4) is 0 Å². The molecule has 2 rings (SSSR count). The Kier molecular flexibility index (Phi) is 4.62. The average Bonchev–Trinajstić information content (AvgIpc) is 2.41. The third-order valence-electron chi connectivity index (χ3n) is 4.79. The highest BCUT2D eigenvalue weighted by molar-refractivity contribution is 5.79. The molecule has 1 saturated heterocycles. The van der Waals surface area contributed by atoms with Gasteiger partial charge >= 0.3 is 0 Å². The number of carbonyl (C=O) groups is 1. The van der Waals surface area contributed by atoms with Crippen molar-refractivity contribution in [2.24, 2.45) is 23.5 Å². The Labute approximate surface area is 110 Å². The topological polar surface area (TPSA) is 66.6 Å².